The van der Waals surface area contributed by atoms with Gasteiger partial charge in [-0.15, -0.1) is 24.0 Å². The molecule has 6 aliphatic rings. The van der Waals surface area contributed by atoms with Crippen LogP contribution in [-0.2, 0) is 13.1 Å². The van der Waals surface area contributed by atoms with Crippen molar-refractivity contribution in [2.45, 2.75) is 64.2 Å². The van der Waals surface area contributed by atoms with E-state index in [0.717, 1.165) is 48.2 Å². The van der Waals surface area contributed by atoms with Crippen LogP contribution < -0.4 is 5.43 Å². The molecule has 1 atom stereocenters. The van der Waals surface area contributed by atoms with Gasteiger partial charge in [0.2, 0.25) is 0 Å². The van der Waals surface area contributed by atoms with Crippen molar-refractivity contribution in [2.24, 2.45) is 22.9 Å². The first-order valence-electron chi connectivity index (χ1n) is 12.8. The van der Waals surface area contributed by atoms with E-state index < -0.39 is 0 Å². The third kappa shape index (κ3) is 5.72. The van der Waals surface area contributed by atoms with Crippen LogP contribution in [0.25, 0.3) is 16.0 Å². The molecule has 5 nitrogen and oxygen atoms in total. The molecule has 6 rings (SSSR count). The number of hydrogen-bond donors (Lipinski definition) is 1. The molecule has 0 aromatic carbocycles. The second-order valence-corrected chi connectivity index (χ2v) is 11.4. The predicted octanol–water partition coefficient (Wildman–Crippen LogP) is 8.56. The van der Waals surface area contributed by atoms with Crippen LogP contribution in [0.5, 0.6) is 0 Å². The number of hydrazone groups is 1. The summed E-state index contributed by atoms with van der Waals surface area (Å²) in [6.45, 7) is 0.733. The van der Waals surface area contributed by atoms with E-state index in [1.807, 2.05) is 0 Å². The number of amidine groups is 1. The van der Waals surface area contributed by atoms with Gasteiger partial charge in [0.15, 0.2) is 0 Å². The number of rotatable bonds is 3. The van der Waals surface area contributed by atoms with E-state index >= 15 is 0 Å². The van der Waals surface area contributed by atoms with Gasteiger partial charge in [-0.1, -0.05) is 74.7 Å². The van der Waals surface area contributed by atoms with Gasteiger partial charge in [0.1, 0.15) is 0 Å². The summed E-state index contributed by atoms with van der Waals surface area (Å²) in [7, 11) is 9.34. The van der Waals surface area contributed by atoms with Crippen molar-refractivity contribution in [3.63, 3.8) is 0 Å². The standard InChI is InChI=1S/C27H32N5.2ClH.Cu/c1-3-8-18(9-4-1)25-26(19-10-5-2-6-11-19)31-32-27(30-25)22-16-15-21-14-13-20-12-7-17-28-23(20)24(21)29-22;;;/h7,12-16,18-20,31H,1-6,8-11,17H2;2*1H;/q-3;;;+2/p-2. The van der Waals surface area contributed by atoms with E-state index in [0.29, 0.717) is 11.8 Å². The van der Waals surface area contributed by atoms with Crippen LogP contribution in [-0.4, -0.2) is 12.4 Å². The molecule has 0 aromatic rings. The van der Waals surface area contributed by atoms with Gasteiger partial charge in [-0.2, -0.15) is 5.70 Å². The van der Waals surface area contributed by atoms with E-state index in [4.69, 9.17) is 21.1 Å². The maximum absolute atomic E-state index is 5.22. The second-order valence-electron chi connectivity index (χ2n) is 9.84. The molecular weight excluding hydrogens is 529 g/mol. The van der Waals surface area contributed by atoms with E-state index in [1.165, 1.54) is 75.6 Å². The second kappa shape index (κ2) is 12.1. The van der Waals surface area contributed by atoms with Crippen LogP contribution >= 0.6 is 20.2 Å². The van der Waals surface area contributed by atoms with Gasteiger partial charge in [-0.3, -0.25) is 0 Å². The molecule has 0 radical (unpaired) electrons. The van der Waals surface area contributed by atoms with Crippen LogP contribution in [0.2, 0.25) is 0 Å². The summed E-state index contributed by atoms with van der Waals surface area (Å²) in [5.41, 5.74) is 10.1. The summed E-state index contributed by atoms with van der Waals surface area (Å²) in [5.74, 6) is 2.10. The van der Waals surface area contributed by atoms with Gasteiger partial charge in [-0.25, -0.2) is 0 Å². The topological polar surface area (TPSA) is 66.7 Å². The first-order chi connectivity index (χ1) is 17.3. The number of fused-ring (bicyclic) bond motifs is 2. The summed E-state index contributed by atoms with van der Waals surface area (Å²) in [6, 6.07) is 0. The van der Waals surface area contributed by atoms with Crippen molar-refractivity contribution >= 4 is 26.0 Å². The molecule has 193 valence electrons. The molecule has 2 saturated carbocycles. The number of hydrogen-bond acceptors (Lipinski definition) is 2. The molecule has 0 bridgehead atoms. The average Bonchev–Trinajstić information content (AvgIpc) is 2.94. The quantitative estimate of drug-likeness (QED) is 0.273. The van der Waals surface area contributed by atoms with Crippen molar-refractivity contribution in [3.8, 4) is 0 Å². The fourth-order valence-corrected chi connectivity index (χ4v) is 5.95. The van der Waals surface area contributed by atoms with Crippen LogP contribution in [0.3, 0.4) is 0 Å². The van der Waals surface area contributed by atoms with Crippen molar-refractivity contribution in [1.29, 1.82) is 0 Å². The Morgan fingerprint density at radius 3 is 2.31 bits per heavy atom. The molecule has 3 aliphatic heterocycles. The summed E-state index contributed by atoms with van der Waals surface area (Å²) < 4.78 is 0. The summed E-state index contributed by atoms with van der Waals surface area (Å²) >= 11 is 0.757. The Morgan fingerprint density at radius 2 is 1.57 bits per heavy atom. The summed E-state index contributed by atoms with van der Waals surface area (Å²) in [4.78, 5) is 0. The zero-order valence-electron chi connectivity index (χ0n) is 19.8. The van der Waals surface area contributed by atoms with Gasteiger partial charge in [0.25, 0.3) is 0 Å². The molecule has 3 heterocycles. The van der Waals surface area contributed by atoms with Crippen LogP contribution in [0.4, 0.5) is 0 Å². The minimum absolute atomic E-state index is 0.234. The Labute approximate surface area is 223 Å². The van der Waals surface area contributed by atoms with Gasteiger partial charge < -0.3 is 26.5 Å². The molecule has 1 N–H and O–H groups in total. The molecule has 35 heavy (non-hydrogen) atoms. The van der Waals surface area contributed by atoms with E-state index in [2.05, 4.69) is 62.1 Å². The van der Waals surface area contributed by atoms with E-state index in [1.54, 1.807) is 0 Å². The SMILES string of the molecule is C1=CC2C=CC3=CC=C(C4=NNC(C5CCCCC5)=C(C5CCCCC5)[N-]4)[N-]C3=C2[N-]C1.[Cl][Cu][Cl]. The van der Waals surface area contributed by atoms with Gasteiger partial charge in [0.05, 0.1) is 0 Å². The van der Waals surface area contributed by atoms with Crippen molar-refractivity contribution in [1.82, 2.24) is 5.43 Å². The van der Waals surface area contributed by atoms with Crippen LogP contribution in [0.15, 0.2) is 75.6 Å². The Balaban J connectivity index is 0.000000806. The van der Waals surface area contributed by atoms with Crippen LogP contribution in [0, 0.1) is 17.8 Å². The molecule has 0 aromatic heterocycles. The van der Waals surface area contributed by atoms with Gasteiger partial charge in [0, 0.05) is 5.70 Å². The van der Waals surface area contributed by atoms with Gasteiger partial charge >= 0.3 is 33.3 Å². The Hall–Kier alpha value is -1.59. The zero-order valence-corrected chi connectivity index (χ0v) is 22.3. The fourth-order valence-electron chi connectivity index (χ4n) is 5.95. The third-order valence-electron chi connectivity index (χ3n) is 7.70. The minimum atomic E-state index is 0.234. The molecule has 0 spiro atoms. The third-order valence-corrected chi connectivity index (χ3v) is 7.70. The first kappa shape index (κ1) is 25.1. The molecule has 8 heteroatoms. The Morgan fingerprint density at radius 1 is 0.857 bits per heavy atom. The van der Waals surface area contributed by atoms with E-state index in [9.17, 15) is 0 Å². The number of halogens is 2. The average molecular weight is 561 g/mol. The number of nitrogens with zero attached hydrogens (tertiary/aromatic N) is 4. The molecular formula is C27H32Cl2CuN5-3. The fraction of sp³-hybridized carbons (Fsp3) is 0.519. The van der Waals surface area contributed by atoms with Crippen molar-refractivity contribution < 1.29 is 13.1 Å². The molecule has 3 aliphatic carbocycles. The predicted molar refractivity (Wildman–Crippen MR) is 142 cm³/mol. The summed E-state index contributed by atoms with van der Waals surface area (Å²) in [6.07, 6.45) is 25.9. The zero-order chi connectivity index (χ0) is 24.0. The Kier molecular flexibility index (Phi) is 8.67. The number of allylic oxidation sites excluding steroid dienone is 6. The Bertz CT molecular complexity index is 1010. The molecule has 2 fully saturated rings. The monoisotopic (exact) mass is 559 g/mol. The van der Waals surface area contributed by atoms with Crippen LogP contribution in [0.1, 0.15) is 64.2 Å². The van der Waals surface area contributed by atoms with Crippen molar-refractivity contribution in [2.75, 3.05) is 6.54 Å². The molecule has 1 unspecified atom stereocenters. The normalized spacial score (nSPS) is 26.6. The van der Waals surface area contributed by atoms with Gasteiger partial charge in [-0.05, 0) is 54.7 Å². The molecule has 0 saturated heterocycles. The summed E-state index contributed by atoms with van der Waals surface area (Å²) in [5, 5.41) is 19.8. The van der Waals surface area contributed by atoms with E-state index in [-0.39, 0.29) is 5.92 Å². The van der Waals surface area contributed by atoms with Crippen molar-refractivity contribution in [3.05, 3.63) is 86.5 Å². The first-order valence-corrected chi connectivity index (χ1v) is 15.4. The number of nitrogens with one attached hydrogen (secondary N) is 1. The molecule has 0 amide bonds. The maximum atomic E-state index is 5.22.